The lowest BCUT2D eigenvalue weighted by atomic mass is 10.2. The summed E-state index contributed by atoms with van der Waals surface area (Å²) >= 11 is 0. The Balaban J connectivity index is 3.17. The van der Waals surface area contributed by atoms with Crippen LogP contribution in [0.5, 0.6) is 0 Å². The Bertz CT molecular complexity index is 373. The molecule has 0 aliphatic heterocycles. The van der Waals surface area contributed by atoms with Gasteiger partial charge in [0.15, 0.2) is 0 Å². The van der Waals surface area contributed by atoms with Crippen LogP contribution >= 0.6 is 0 Å². The van der Waals surface area contributed by atoms with Gasteiger partial charge in [0.2, 0.25) is 10.3 Å². The molecule has 0 unspecified atom stereocenters. The maximum Gasteiger partial charge on any atom is 0.214 e. The van der Waals surface area contributed by atoms with E-state index in [9.17, 15) is 12.8 Å². The molecule has 11 heavy (non-hydrogen) atoms. The van der Waals surface area contributed by atoms with Crippen molar-refractivity contribution in [1.29, 1.82) is 0 Å². The van der Waals surface area contributed by atoms with Gasteiger partial charge in [0.25, 0.3) is 0 Å². The van der Waals surface area contributed by atoms with Crippen LogP contribution in [-0.2, 0) is 10.3 Å². The van der Waals surface area contributed by atoms with E-state index in [-0.39, 0.29) is 0 Å². The molecule has 1 aromatic carbocycles. The Morgan fingerprint density at radius 1 is 1.55 bits per heavy atom. The molecule has 0 atom stereocenters. The lowest BCUT2D eigenvalue weighted by Gasteiger charge is -1.87. The van der Waals surface area contributed by atoms with Gasteiger partial charge in [-0.05, 0) is 11.6 Å². The molecular formula is C7H4FO2S. The van der Waals surface area contributed by atoms with Gasteiger partial charge in [-0.2, -0.15) is 8.42 Å². The molecule has 0 aromatic heterocycles. The Hall–Kier alpha value is -1.16. The molecule has 0 spiro atoms. The summed E-state index contributed by atoms with van der Waals surface area (Å²) in [5, 5.41) is 0.927. The second-order valence-corrected chi connectivity index (χ2v) is 2.60. The molecule has 4 heteroatoms. The van der Waals surface area contributed by atoms with E-state index in [0.29, 0.717) is 5.56 Å². The van der Waals surface area contributed by atoms with Crippen molar-refractivity contribution in [2.75, 3.05) is 0 Å². The van der Waals surface area contributed by atoms with E-state index in [1.165, 1.54) is 12.1 Å². The van der Waals surface area contributed by atoms with E-state index < -0.39 is 16.1 Å². The topological polar surface area (TPSA) is 34.1 Å². The highest BCUT2D eigenvalue weighted by molar-refractivity contribution is 7.71. The van der Waals surface area contributed by atoms with E-state index in [2.05, 4.69) is 6.07 Å². The van der Waals surface area contributed by atoms with E-state index in [1.54, 1.807) is 0 Å². The van der Waals surface area contributed by atoms with Crippen LogP contribution in [0, 0.1) is 11.9 Å². The zero-order valence-corrected chi connectivity index (χ0v) is 6.23. The SMILES string of the molecule is O=S(=O)=Cc1cc[c]c(F)c1. The third-order valence-electron chi connectivity index (χ3n) is 1.02. The van der Waals surface area contributed by atoms with Crippen molar-refractivity contribution >= 4 is 15.7 Å². The fraction of sp³-hybridized carbons (Fsp3) is 0. The highest BCUT2D eigenvalue weighted by Gasteiger charge is 1.90. The second-order valence-electron chi connectivity index (χ2n) is 1.85. The zero-order valence-electron chi connectivity index (χ0n) is 5.41. The number of hydrogen-bond donors (Lipinski definition) is 0. The van der Waals surface area contributed by atoms with Crippen LogP contribution in [0.15, 0.2) is 18.2 Å². The largest absolute Gasteiger partial charge is 0.214 e. The lowest BCUT2D eigenvalue weighted by Crippen LogP contribution is -1.82. The van der Waals surface area contributed by atoms with Gasteiger partial charge in [-0.15, -0.1) is 0 Å². The molecule has 0 amide bonds. The van der Waals surface area contributed by atoms with Gasteiger partial charge in [0.1, 0.15) is 5.82 Å². The first kappa shape index (κ1) is 7.94. The van der Waals surface area contributed by atoms with Crippen molar-refractivity contribution in [1.82, 2.24) is 0 Å². The fourth-order valence-electron chi connectivity index (χ4n) is 0.638. The summed E-state index contributed by atoms with van der Waals surface area (Å²) in [4.78, 5) is 0. The number of hydrogen-bond acceptors (Lipinski definition) is 2. The third kappa shape index (κ3) is 2.51. The standard InChI is InChI=1S/C7H4FO2S/c8-7-3-1-2-6(4-7)5-11(9)10/h1-2,4-5H. The molecule has 1 radical (unpaired) electrons. The molecule has 1 aromatic rings. The first-order valence-corrected chi connectivity index (χ1v) is 3.92. The van der Waals surface area contributed by atoms with E-state index in [0.717, 1.165) is 11.4 Å². The van der Waals surface area contributed by atoms with Crippen LogP contribution in [0.25, 0.3) is 0 Å². The van der Waals surface area contributed by atoms with Gasteiger partial charge in [-0.1, -0.05) is 12.1 Å². The third-order valence-corrected chi connectivity index (χ3v) is 1.49. The summed E-state index contributed by atoms with van der Waals surface area (Å²) in [6, 6.07) is 6.13. The van der Waals surface area contributed by atoms with Crippen LogP contribution < -0.4 is 0 Å². The first-order chi connectivity index (χ1) is 5.18. The molecule has 2 nitrogen and oxygen atoms in total. The predicted octanol–water partition coefficient (Wildman–Crippen LogP) is 0.655. The highest BCUT2D eigenvalue weighted by Crippen LogP contribution is 1.98. The Labute approximate surface area is 64.8 Å². The van der Waals surface area contributed by atoms with Gasteiger partial charge in [-0.3, -0.25) is 0 Å². The lowest BCUT2D eigenvalue weighted by molar-refractivity contribution is 0.625. The molecule has 0 saturated carbocycles. The van der Waals surface area contributed by atoms with Crippen LogP contribution in [0.2, 0.25) is 0 Å². The molecule has 0 heterocycles. The summed E-state index contributed by atoms with van der Waals surface area (Å²) in [5.41, 5.74) is 0.314. The molecule has 0 aliphatic carbocycles. The molecular weight excluding hydrogens is 167 g/mol. The van der Waals surface area contributed by atoms with Crippen LogP contribution in [0.4, 0.5) is 4.39 Å². The maximum atomic E-state index is 12.3. The number of halogens is 1. The normalized spacial score (nSPS) is 9.18. The van der Waals surface area contributed by atoms with Crippen LogP contribution in [0.3, 0.4) is 0 Å². The molecule has 0 N–H and O–H groups in total. The van der Waals surface area contributed by atoms with E-state index in [4.69, 9.17) is 0 Å². The Morgan fingerprint density at radius 2 is 2.27 bits per heavy atom. The van der Waals surface area contributed by atoms with Crippen molar-refractivity contribution in [2.24, 2.45) is 0 Å². The summed E-state index contributed by atoms with van der Waals surface area (Å²) in [6.07, 6.45) is 0. The van der Waals surface area contributed by atoms with E-state index >= 15 is 0 Å². The van der Waals surface area contributed by atoms with Gasteiger partial charge in [0, 0.05) is 6.07 Å². The van der Waals surface area contributed by atoms with Crippen molar-refractivity contribution in [3.05, 3.63) is 35.6 Å². The maximum absolute atomic E-state index is 12.3. The highest BCUT2D eigenvalue weighted by atomic mass is 32.2. The van der Waals surface area contributed by atoms with Crippen molar-refractivity contribution in [3.63, 3.8) is 0 Å². The summed E-state index contributed by atoms with van der Waals surface area (Å²) < 4.78 is 32.5. The molecule has 0 saturated heterocycles. The van der Waals surface area contributed by atoms with Gasteiger partial charge in [0.05, 0.1) is 5.37 Å². The van der Waals surface area contributed by atoms with Crippen LogP contribution in [0.1, 0.15) is 5.56 Å². The minimum Gasteiger partial charge on any atom is -0.206 e. The van der Waals surface area contributed by atoms with Crippen LogP contribution in [-0.4, -0.2) is 13.8 Å². The van der Waals surface area contributed by atoms with Gasteiger partial charge >= 0.3 is 0 Å². The average Bonchev–Trinajstić information content (AvgIpc) is 1.85. The molecule has 1 rings (SSSR count). The first-order valence-electron chi connectivity index (χ1n) is 2.78. The molecule has 0 aliphatic rings. The van der Waals surface area contributed by atoms with Crippen molar-refractivity contribution in [3.8, 4) is 0 Å². The molecule has 57 valence electrons. The average molecular weight is 171 g/mol. The zero-order chi connectivity index (χ0) is 8.27. The molecule has 0 bridgehead atoms. The van der Waals surface area contributed by atoms with E-state index in [1.807, 2.05) is 0 Å². The van der Waals surface area contributed by atoms with Gasteiger partial charge < -0.3 is 0 Å². The predicted molar refractivity (Wildman–Crippen MR) is 39.3 cm³/mol. The Morgan fingerprint density at radius 3 is 2.82 bits per heavy atom. The van der Waals surface area contributed by atoms with Gasteiger partial charge in [-0.25, -0.2) is 4.39 Å². The monoisotopic (exact) mass is 171 g/mol. The Kier molecular flexibility index (Phi) is 2.38. The smallest absolute Gasteiger partial charge is 0.206 e. The van der Waals surface area contributed by atoms with Crippen molar-refractivity contribution in [2.45, 2.75) is 0 Å². The van der Waals surface area contributed by atoms with Crippen molar-refractivity contribution < 1.29 is 12.8 Å². The number of benzene rings is 1. The summed E-state index contributed by atoms with van der Waals surface area (Å²) in [6.45, 7) is 0. The summed E-state index contributed by atoms with van der Waals surface area (Å²) in [7, 11) is -2.28. The quantitative estimate of drug-likeness (QED) is 0.581. The second kappa shape index (κ2) is 3.30. The summed E-state index contributed by atoms with van der Waals surface area (Å²) in [5.74, 6) is -0.566. The molecule has 0 fully saturated rings. The minimum absolute atomic E-state index is 0.314. The fourth-order valence-corrected chi connectivity index (χ4v) is 1.01. The minimum atomic E-state index is -2.28. The number of rotatable bonds is 1.